The summed E-state index contributed by atoms with van der Waals surface area (Å²) in [4.78, 5) is 11.8. The molecule has 1 rings (SSSR count). The molecule has 0 aromatic carbocycles. The number of nitrogens with two attached hydrogens (primary N) is 1. The van der Waals surface area contributed by atoms with Crippen molar-refractivity contribution in [3.05, 3.63) is 0 Å². The molecule has 94 valence electrons. The Bertz CT molecular complexity index is 206. The van der Waals surface area contributed by atoms with Gasteiger partial charge in [-0.3, -0.25) is 4.79 Å². The van der Waals surface area contributed by atoms with Gasteiger partial charge in [0.1, 0.15) is 0 Å². The minimum Gasteiger partial charge on any atom is -0.356 e. The predicted octanol–water partition coefficient (Wildman–Crippen LogP) is 2.20. The van der Waals surface area contributed by atoms with Gasteiger partial charge in [-0.1, -0.05) is 32.6 Å². The van der Waals surface area contributed by atoms with Crippen molar-refractivity contribution in [2.24, 2.45) is 11.7 Å². The lowest BCUT2D eigenvalue weighted by molar-refractivity contribution is -0.126. The lowest BCUT2D eigenvalue weighted by Crippen LogP contribution is -2.38. The Morgan fingerprint density at radius 3 is 2.81 bits per heavy atom. The maximum Gasteiger partial charge on any atom is 0.223 e. The fraction of sp³-hybridized carbons (Fsp3) is 0.923. The Hall–Kier alpha value is -0.570. The molecule has 3 N–H and O–H groups in total. The molecule has 16 heavy (non-hydrogen) atoms. The summed E-state index contributed by atoms with van der Waals surface area (Å²) >= 11 is 0. The summed E-state index contributed by atoms with van der Waals surface area (Å²) in [5.74, 6) is 0.404. The Morgan fingerprint density at radius 1 is 1.31 bits per heavy atom. The molecule has 0 saturated heterocycles. The smallest absolute Gasteiger partial charge is 0.223 e. The molecule has 1 aliphatic rings. The fourth-order valence-electron chi connectivity index (χ4n) is 2.37. The zero-order valence-electron chi connectivity index (χ0n) is 10.5. The normalized spacial score (nSPS) is 25.4. The molecule has 0 radical (unpaired) electrons. The van der Waals surface area contributed by atoms with Gasteiger partial charge in [-0.25, -0.2) is 0 Å². The van der Waals surface area contributed by atoms with Crippen LogP contribution in [0.2, 0.25) is 0 Å². The van der Waals surface area contributed by atoms with E-state index in [0.29, 0.717) is 0 Å². The van der Waals surface area contributed by atoms with Crippen LogP contribution in [0.3, 0.4) is 0 Å². The highest BCUT2D eigenvalue weighted by molar-refractivity contribution is 5.78. The second-order valence-corrected chi connectivity index (χ2v) is 4.98. The van der Waals surface area contributed by atoms with Gasteiger partial charge in [0.15, 0.2) is 0 Å². The van der Waals surface area contributed by atoms with Crippen molar-refractivity contribution in [2.75, 3.05) is 6.54 Å². The molecule has 0 spiro atoms. The second-order valence-electron chi connectivity index (χ2n) is 4.98. The van der Waals surface area contributed by atoms with Crippen LogP contribution in [0, 0.1) is 5.92 Å². The first kappa shape index (κ1) is 13.5. The van der Waals surface area contributed by atoms with Crippen LogP contribution in [0.5, 0.6) is 0 Å². The van der Waals surface area contributed by atoms with Crippen LogP contribution >= 0.6 is 0 Å². The molecule has 1 fully saturated rings. The van der Waals surface area contributed by atoms with E-state index in [2.05, 4.69) is 12.2 Å². The SMILES string of the molecule is CCCCCCNC(=O)C1CCCC(N)C1. The standard InChI is InChI=1S/C13H26N2O/c1-2-3-4-5-9-15-13(16)11-7-6-8-12(14)10-11/h11-12H,2-10,14H2,1H3,(H,15,16). The zero-order chi connectivity index (χ0) is 11.8. The first-order valence-corrected chi connectivity index (χ1v) is 6.77. The van der Waals surface area contributed by atoms with Gasteiger partial charge in [0.2, 0.25) is 5.91 Å². The van der Waals surface area contributed by atoms with Gasteiger partial charge in [-0.2, -0.15) is 0 Å². The zero-order valence-corrected chi connectivity index (χ0v) is 10.5. The lowest BCUT2D eigenvalue weighted by Gasteiger charge is -2.25. The summed E-state index contributed by atoms with van der Waals surface area (Å²) in [5, 5.41) is 3.04. The van der Waals surface area contributed by atoms with E-state index in [9.17, 15) is 4.79 Å². The minimum atomic E-state index is 0.176. The van der Waals surface area contributed by atoms with Crippen LogP contribution < -0.4 is 11.1 Å². The third kappa shape index (κ3) is 4.97. The predicted molar refractivity (Wildman–Crippen MR) is 67.1 cm³/mol. The third-order valence-electron chi connectivity index (χ3n) is 3.42. The van der Waals surface area contributed by atoms with Gasteiger partial charge in [0.05, 0.1) is 0 Å². The van der Waals surface area contributed by atoms with Crippen molar-refractivity contribution >= 4 is 5.91 Å². The van der Waals surface area contributed by atoms with Gasteiger partial charge in [-0.05, 0) is 25.7 Å². The molecule has 0 aromatic heterocycles. The van der Waals surface area contributed by atoms with Crippen molar-refractivity contribution in [1.82, 2.24) is 5.32 Å². The van der Waals surface area contributed by atoms with Crippen LogP contribution in [-0.2, 0) is 4.79 Å². The van der Waals surface area contributed by atoms with Crippen LogP contribution in [-0.4, -0.2) is 18.5 Å². The van der Waals surface area contributed by atoms with Gasteiger partial charge < -0.3 is 11.1 Å². The van der Waals surface area contributed by atoms with Gasteiger partial charge in [0, 0.05) is 18.5 Å². The number of hydrogen-bond donors (Lipinski definition) is 2. The first-order chi connectivity index (χ1) is 7.74. The molecule has 1 aliphatic carbocycles. The van der Waals surface area contributed by atoms with E-state index in [1.165, 1.54) is 19.3 Å². The van der Waals surface area contributed by atoms with E-state index in [1.54, 1.807) is 0 Å². The summed E-state index contributed by atoms with van der Waals surface area (Å²) in [5.41, 5.74) is 5.88. The van der Waals surface area contributed by atoms with Crippen LogP contribution in [0.15, 0.2) is 0 Å². The minimum absolute atomic E-state index is 0.176. The summed E-state index contributed by atoms with van der Waals surface area (Å²) in [6, 6.07) is 0.240. The van der Waals surface area contributed by atoms with E-state index in [0.717, 1.165) is 38.6 Å². The van der Waals surface area contributed by atoms with Crippen LogP contribution in [0.1, 0.15) is 58.3 Å². The summed E-state index contributed by atoms with van der Waals surface area (Å²) in [6.07, 6.45) is 8.93. The van der Waals surface area contributed by atoms with E-state index in [1.807, 2.05) is 0 Å². The molecule has 1 amide bonds. The van der Waals surface area contributed by atoms with Gasteiger partial charge in [-0.15, -0.1) is 0 Å². The number of amides is 1. The Kier molecular flexibility index (Phi) is 6.46. The monoisotopic (exact) mass is 226 g/mol. The number of carbonyl (C=O) groups excluding carboxylic acids is 1. The van der Waals surface area contributed by atoms with Crippen molar-refractivity contribution < 1.29 is 4.79 Å². The average molecular weight is 226 g/mol. The molecular formula is C13H26N2O. The molecule has 0 aromatic rings. The topological polar surface area (TPSA) is 55.1 Å². The van der Waals surface area contributed by atoms with Crippen LogP contribution in [0.25, 0.3) is 0 Å². The lowest BCUT2D eigenvalue weighted by atomic mass is 9.85. The molecule has 2 unspecified atom stereocenters. The molecule has 0 aliphatic heterocycles. The maximum atomic E-state index is 11.8. The summed E-state index contributed by atoms with van der Waals surface area (Å²) in [7, 11) is 0. The highest BCUT2D eigenvalue weighted by atomic mass is 16.1. The number of carbonyl (C=O) groups is 1. The molecule has 3 heteroatoms. The Morgan fingerprint density at radius 2 is 2.12 bits per heavy atom. The maximum absolute atomic E-state index is 11.8. The van der Waals surface area contributed by atoms with Crippen LogP contribution in [0.4, 0.5) is 0 Å². The summed E-state index contributed by atoms with van der Waals surface area (Å²) in [6.45, 7) is 3.03. The van der Waals surface area contributed by atoms with Gasteiger partial charge in [0.25, 0.3) is 0 Å². The van der Waals surface area contributed by atoms with Crippen molar-refractivity contribution in [2.45, 2.75) is 64.3 Å². The van der Waals surface area contributed by atoms with E-state index >= 15 is 0 Å². The van der Waals surface area contributed by atoms with E-state index < -0.39 is 0 Å². The molecule has 0 heterocycles. The van der Waals surface area contributed by atoms with Crippen molar-refractivity contribution in [1.29, 1.82) is 0 Å². The highest BCUT2D eigenvalue weighted by Crippen LogP contribution is 2.22. The fourth-order valence-corrected chi connectivity index (χ4v) is 2.37. The van der Waals surface area contributed by atoms with Crippen molar-refractivity contribution in [3.8, 4) is 0 Å². The molecule has 0 bridgehead atoms. The first-order valence-electron chi connectivity index (χ1n) is 6.77. The highest BCUT2D eigenvalue weighted by Gasteiger charge is 2.24. The second kappa shape index (κ2) is 7.66. The van der Waals surface area contributed by atoms with E-state index in [4.69, 9.17) is 5.73 Å². The molecule has 2 atom stereocenters. The molecule has 3 nitrogen and oxygen atoms in total. The molecule has 1 saturated carbocycles. The van der Waals surface area contributed by atoms with Gasteiger partial charge >= 0.3 is 0 Å². The number of nitrogens with one attached hydrogen (secondary N) is 1. The number of unbranched alkanes of at least 4 members (excludes halogenated alkanes) is 3. The quantitative estimate of drug-likeness (QED) is 0.682. The Labute approximate surface area is 99.2 Å². The average Bonchev–Trinajstić information content (AvgIpc) is 2.28. The number of rotatable bonds is 6. The Balaban J connectivity index is 2.09. The summed E-state index contributed by atoms with van der Waals surface area (Å²) < 4.78 is 0. The largest absolute Gasteiger partial charge is 0.356 e. The molecular weight excluding hydrogens is 200 g/mol. The number of hydrogen-bond acceptors (Lipinski definition) is 2. The van der Waals surface area contributed by atoms with Crippen molar-refractivity contribution in [3.63, 3.8) is 0 Å². The van der Waals surface area contributed by atoms with E-state index in [-0.39, 0.29) is 17.9 Å². The third-order valence-corrected chi connectivity index (χ3v) is 3.42.